The molecule has 0 bridgehead atoms. The lowest BCUT2D eigenvalue weighted by atomic mass is 9.96. The highest BCUT2D eigenvalue weighted by Gasteiger charge is 2.45. The number of ketones is 1. The van der Waals surface area contributed by atoms with Gasteiger partial charge in [-0.1, -0.05) is 36.4 Å². The molecule has 1 aromatic carbocycles. The Morgan fingerprint density at radius 3 is 2.56 bits per heavy atom. The number of aliphatic hydroxyl groups is 2. The van der Waals surface area contributed by atoms with E-state index in [0.717, 1.165) is 0 Å². The summed E-state index contributed by atoms with van der Waals surface area (Å²) in [6.45, 7) is 0.329. The fraction of sp³-hybridized carbons (Fsp3) is 0.250. The molecule has 1 saturated heterocycles. The molecular formula is C20H20N2O5. The predicted octanol–water partition coefficient (Wildman–Crippen LogP) is 1.51. The number of amides is 1. The van der Waals surface area contributed by atoms with Gasteiger partial charge in [-0.15, -0.1) is 0 Å². The van der Waals surface area contributed by atoms with Crippen LogP contribution in [0.2, 0.25) is 0 Å². The minimum Gasteiger partial charge on any atom is -0.507 e. The zero-order valence-corrected chi connectivity index (χ0v) is 14.6. The van der Waals surface area contributed by atoms with Crippen molar-refractivity contribution in [2.45, 2.75) is 6.04 Å². The van der Waals surface area contributed by atoms with Gasteiger partial charge in [0.15, 0.2) is 0 Å². The average Bonchev–Trinajstić information content (AvgIpc) is 2.97. The number of Topliss-reactive ketones (excluding diaryl/α,β-unsaturated/α-hetero) is 1. The fourth-order valence-electron chi connectivity index (χ4n) is 3.08. The van der Waals surface area contributed by atoms with E-state index in [1.54, 1.807) is 54.9 Å². The van der Waals surface area contributed by atoms with Crippen molar-refractivity contribution in [2.75, 3.05) is 26.4 Å². The van der Waals surface area contributed by atoms with Gasteiger partial charge in [-0.2, -0.15) is 0 Å². The lowest BCUT2D eigenvalue weighted by molar-refractivity contribution is -0.140. The van der Waals surface area contributed by atoms with Gasteiger partial charge in [0.2, 0.25) is 0 Å². The summed E-state index contributed by atoms with van der Waals surface area (Å²) in [6, 6.07) is 11.3. The van der Waals surface area contributed by atoms with E-state index in [9.17, 15) is 14.7 Å². The number of ether oxygens (including phenoxy) is 1. The van der Waals surface area contributed by atoms with Crippen molar-refractivity contribution in [1.29, 1.82) is 0 Å². The van der Waals surface area contributed by atoms with Crippen molar-refractivity contribution in [3.63, 3.8) is 0 Å². The van der Waals surface area contributed by atoms with Crippen molar-refractivity contribution in [2.24, 2.45) is 0 Å². The van der Waals surface area contributed by atoms with E-state index in [1.165, 1.54) is 4.90 Å². The second-order valence-electron chi connectivity index (χ2n) is 5.98. The number of rotatable bonds is 7. The molecule has 3 rings (SSSR count). The predicted molar refractivity (Wildman–Crippen MR) is 97.6 cm³/mol. The molecule has 0 aliphatic carbocycles. The van der Waals surface area contributed by atoms with E-state index < -0.39 is 17.7 Å². The molecule has 0 spiro atoms. The van der Waals surface area contributed by atoms with Crippen LogP contribution in [0, 0.1) is 0 Å². The van der Waals surface area contributed by atoms with Crippen molar-refractivity contribution in [1.82, 2.24) is 9.88 Å². The number of carbonyl (C=O) groups is 2. The Morgan fingerprint density at radius 2 is 1.89 bits per heavy atom. The van der Waals surface area contributed by atoms with Gasteiger partial charge in [0.1, 0.15) is 5.76 Å². The Balaban J connectivity index is 2.03. The van der Waals surface area contributed by atoms with Crippen LogP contribution in [-0.2, 0) is 14.3 Å². The third kappa shape index (κ3) is 3.89. The Morgan fingerprint density at radius 1 is 1.11 bits per heavy atom. The lowest BCUT2D eigenvalue weighted by Gasteiger charge is -2.24. The molecule has 1 aliphatic heterocycles. The molecular weight excluding hydrogens is 348 g/mol. The van der Waals surface area contributed by atoms with Crippen LogP contribution in [0.1, 0.15) is 17.2 Å². The highest BCUT2D eigenvalue weighted by Crippen LogP contribution is 2.38. The molecule has 140 valence electrons. The Bertz CT molecular complexity index is 836. The molecule has 27 heavy (non-hydrogen) atoms. The minimum absolute atomic E-state index is 0.0290. The van der Waals surface area contributed by atoms with Crippen LogP contribution in [0.5, 0.6) is 0 Å². The second kappa shape index (κ2) is 8.57. The third-order valence-corrected chi connectivity index (χ3v) is 4.30. The number of likely N-dealkylation sites (tertiary alicyclic amines) is 1. The van der Waals surface area contributed by atoms with Crippen molar-refractivity contribution in [3.05, 3.63) is 71.6 Å². The van der Waals surface area contributed by atoms with E-state index in [4.69, 9.17) is 9.84 Å². The topological polar surface area (TPSA) is 100.0 Å². The molecule has 7 heteroatoms. The molecule has 1 atom stereocenters. The van der Waals surface area contributed by atoms with Crippen molar-refractivity contribution < 1.29 is 24.5 Å². The van der Waals surface area contributed by atoms with Crippen LogP contribution >= 0.6 is 0 Å². The smallest absolute Gasteiger partial charge is 0.295 e. The molecule has 2 heterocycles. The first-order chi connectivity index (χ1) is 13.1. The van der Waals surface area contributed by atoms with E-state index >= 15 is 0 Å². The molecule has 1 amide bonds. The molecule has 2 aromatic rings. The van der Waals surface area contributed by atoms with Gasteiger partial charge in [-0.3, -0.25) is 14.6 Å². The number of carbonyl (C=O) groups excluding carboxylic acids is 2. The van der Waals surface area contributed by atoms with E-state index in [1.807, 2.05) is 0 Å². The maximum Gasteiger partial charge on any atom is 0.295 e. The number of benzene rings is 1. The summed E-state index contributed by atoms with van der Waals surface area (Å²) in [5, 5.41) is 19.6. The molecule has 2 N–H and O–H groups in total. The molecule has 7 nitrogen and oxygen atoms in total. The van der Waals surface area contributed by atoms with E-state index in [2.05, 4.69) is 4.98 Å². The minimum atomic E-state index is -0.753. The van der Waals surface area contributed by atoms with E-state index in [0.29, 0.717) is 11.1 Å². The van der Waals surface area contributed by atoms with Crippen molar-refractivity contribution in [3.8, 4) is 0 Å². The zero-order valence-electron chi connectivity index (χ0n) is 14.6. The first kappa shape index (κ1) is 18.8. The highest BCUT2D eigenvalue weighted by atomic mass is 16.5. The number of pyridine rings is 1. The van der Waals surface area contributed by atoms with Gasteiger partial charge in [0.25, 0.3) is 11.7 Å². The van der Waals surface area contributed by atoms with Crippen LogP contribution in [0.3, 0.4) is 0 Å². The maximum atomic E-state index is 12.7. The molecule has 0 radical (unpaired) electrons. The van der Waals surface area contributed by atoms with E-state index in [-0.39, 0.29) is 37.7 Å². The first-order valence-electron chi connectivity index (χ1n) is 8.57. The summed E-state index contributed by atoms with van der Waals surface area (Å²) < 4.78 is 5.24. The molecule has 1 aliphatic rings. The van der Waals surface area contributed by atoms with Crippen LogP contribution in [0.25, 0.3) is 5.76 Å². The Hall–Kier alpha value is -3.03. The van der Waals surface area contributed by atoms with Gasteiger partial charge in [0, 0.05) is 24.5 Å². The molecule has 0 saturated carbocycles. The van der Waals surface area contributed by atoms with Crippen LogP contribution < -0.4 is 0 Å². The zero-order chi connectivity index (χ0) is 19.2. The normalized spacial score (nSPS) is 18.9. The Kier molecular flexibility index (Phi) is 5.95. The number of aliphatic hydroxyl groups excluding tert-OH is 2. The molecule has 1 aromatic heterocycles. The lowest BCUT2D eigenvalue weighted by Crippen LogP contribution is -2.33. The number of nitrogens with zero attached hydrogens (tertiary/aromatic N) is 2. The quantitative estimate of drug-likeness (QED) is 0.333. The monoisotopic (exact) mass is 368 g/mol. The van der Waals surface area contributed by atoms with Gasteiger partial charge in [-0.25, -0.2) is 0 Å². The molecule has 1 unspecified atom stereocenters. The van der Waals surface area contributed by atoms with Crippen molar-refractivity contribution >= 4 is 17.4 Å². The summed E-state index contributed by atoms with van der Waals surface area (Å²) in [7, 11) is 0. The Labute approximate surface area is 156 Å². The number of hydrogen-bond acceptors (Lipinski definition) is 6. The van der Waals surface area contributed by atoms with Gasteiger partial charge >= 0.3 is 0 Å². The first-order valence-corrected chi connectivity index (χ1v) is 8.57. The van der Waals surface area contributed by atoms with Gasteiger partial charge in [0.05, 0.1) is 31.4 Å². The van der Waals surface area contributed by atoms with Crippen LogP contribution in [0.4, 0.5) is 0 Å². The van der Waals surface area contributed by atoms with Crippen LogP contribution in [-0.4, -0.2) is 58.2 Å². The number of aromatic nitrogens is 1. The largest absolute Gasteiger partial charge is 0.507 e. The second-order valence-corrected chi connectivity index (χ2v) is 5.98. The standard InChI is InChI=1S/C20H20N2O5/c23-10-12-27-11-9-22-17(15-7-4-8-21-13-15)16(19(25)20(22)26)18(24)14-5-2-1-3-6-14/h1-8,13,17,23-24H,9-12H2. The summed E-state index contributed by atoms with van der Waals surface area (Å²) in [5.41, 5.74) is 1.11. The molecule has 1 fully saturated rings. The summed E-state index contributed by atoms with van der Waals surface area (Å²) in [5.74, 6) is -1.66. The van der Waals surface area contributed by atoms with Gasteiger partial charge < -0.3 is 19.8 Å². The summed E-state index contributed by atoms with van der Waals surface area (Å²) >= 11 is 0. The maximum absolute atomic E-state index is 12.7. The highest BCUT2D eigenvalue weighted by molar-refractivity contribution is 6.46. The van der Waals surface area contributed by atoms with Crippen LogP contribution in [0.15, 0.2) is 60.4 Å². The summed E-state index contributed by atoms with van der Waals surface area (Å²) in [6.07, 6.45) is 3.16. The SMILES string of the molecule is O=C1C(=O)N(CCOCCO)C(c2cccnc2)C1=C(O)c1ccccc1. The average molecular weight is 368 g/mol. The fourth-order valence-corrected chi connectivity index (χ4v) is 3.08. The summed E-state index contributed by atoms with van der Waals surface area (Å²) in [4.78, 5) is 30.7. The van der Waals surface area contributed by atoms with Gasteiger partial charge in [-0.05, 0) is 11.6 Å². The third-order valence-electron chi connectivity index (χ3n) is 4.30. The number of hydrogen-bond donors (Lipinski definition) is 2.